The Morgan fingerprint density at radius 3 is 2.32 bits per heavy atom. The first kappa shape index (κ1) is 34.8. The first-order valence-electron chi connectivity index (χ1n) is 14.4. The van der Waals surface area contributed by atoms with E-state index in [1.807, 2.05) is 0 Å². The number of hydrogen-bond acceptors (Lipinski definition) is 9. The summed E-state index contributed by atoms with van der Waals surface area (Å²) >= 11 is 0. The van der Waals surface area contributed by atoms with E-state index in [1.165, 1.54) is 55.3 Å². The molecule has 15 heteroatoms. The average Bonchev–Trinajstić information content (AvgIpc) is 3.45. The maximum absolute atomic E-state index is 14.6. The molecule has 1 saturated heterocycles. The molecule has 12 nitrogen and oxygen atoms in total. The van der Waals surface area contributed by atoms with Gasteiger partial charge in [0.25, 0.3) is 5.91 Å². The third kappa shape index (κ3) is 7.68. The number of nitrogens with one attached hydrogen (secondary N) is 2. The molecule has 3 atom stereocenters. The third-order valence-corrected chi connectivity index (χ3v) is 8.79. The maximum Gasteiger partial charge on any atom is 0.311 e. The summed E-state index contributed by atoms with van der Waals surface area (Å²) in [7, 11) is -2.70. The first-order chi connectivity index (χ1) is 22.2. The smallest absolute Gasteiger partial charge is 0.311 e. The second-order valence-electron chi connectivity index (χ2n) is 10.9. The van der Waals surface area contributed by atoms with Crippen LogP contribution >= 0.6 is 0 Å². The van der Waals surface area contributed by atoms with Gasteiger partial charge < -0.3 is 30.7 Å². The largest absolute Gasteiger partial charge is 0.494 e. The Labute approximate surface area is 270 Å². The highest BCUT2D eigenvalue weighted by atomic mass is 32.2. The molecule has 3 aromatic carbocycles. The minimum atomic E-state index is -3.93. The molecule has 4 rings (SSSR count). The highest BCUT2D eigenvalue weighted by molar-refractivity contribution is 7.90. The fourth-order valence-electron chi connectivity index (χ4n) is 5.60. The minimum Gasteiger partial charge on any atom is -0.494 e. The lowest BCUT2D eigenvalue weighted by atomic mass is 9.92. The topological polar surface area (TPSA) is 174 Å². The van der Waals surface area contributed by atoms with Crippen LogP contribution in [-0.4, -0.2) is 63.5 Å². The number of anilines is 2. The molecular formula is C32H34F2N4O8S. The monoisotopic (exact) mass is 672 g/mol. The Morgan fingerprint density at radius 1 is 1.02 bits per heavy atom. The summed E-state index contributed by atoms with van der Waals surface area (Å²) in [6.45, 7) is 2.86. The van der Waals surface area contributed by atoms with Crippen molar-refractivity contribution in [3.63, 3.8) is 0 Å². The Hall–Kier alpha value is -5.05. The number of nitrogens with zero attached hydrogens (tertiary/aromatic N) is 1. The van der Waals surface area contributed by atoms with Crippen LogP contribution < -0.4 is 21.1 Å². The molecule has 1 aliphatic heterocycles. The molecule has 47 heavy (non-hydrogen) atoms. The molecule has 4 N–H and O–H groups in total. The highest BCUT2D eigenvalue weighted by Gasteiger charge is 2.46. The molecule has 250 valence electrons. The summed E-state index contributed by atoms with van der Waals surface area (Å²) < 4.78 is 65.2. The Balaban J connectivity index is 1.91. The Kier molecular flexibility index (Phi) is 10.5. The number of likely N-dealkylation sites (tertiary alicyclic amines) is 1. The van der Waals surface area contributed by atoms with E-state index in [9.17, 15) is 36.4 Å². The molecule has 0 unspecified atom stereocenters. The van der Waals surface area contributed by atoms with Crippen LogP contribution in [0.25, 0.3) is 0 Å². The second kappa shape index (κ2) is 14.2. The zero-order chi connectivity index (χ0) is 34.6. The number of benzene rings is 3. The number of rotatable bonds is 11. The van der Waals surface area contributed by atoms with Gasteiger partial charge in [-0.05, 0) is 73.0 Å². The lowest BCUT2D eigenvalue weighted by Crippen LogP contribution is -2.40. The minimum absolute atomic E-state index is 0.0210. The molecule has 0 saturated carbocycles. The number of esters is 1. The van der Waals surface area contributed by atoms with E-state index >= 15 is 0 Å². The Morgan fingerprint density at radius 2 is 1.70 bits per heavy atom. The quantitative estimate of drug-likeness (QED) is 0.257. The van der Waals surface area contributed by atoms with Gasteiger partial charge in [-0.1, -0.05) is 6.07 Å². The molecule has 0 bridgehead atoms. The second-order valence-corrected chi connectivity index (χ2v) is 12.8. The number of ether oxygens (including phenoxy) is 2. The summed E-state index contributed by atoms with van der Waals surface area (Å²) in [6.07, 6.45) is 1.06. The summed E-state index contributed by atoms with van der Waals surface area (Å²) in [5.74, 6) is -5.66. The lowest BCUT2D eigenvalue weighted by Gasteiger charge is -2.33. The van der Waals surface area contributed by atoms with Crippen LogP contribution in [0.4, 0.5) is 20.2 Å². The number of nitrogens with two attached hydrogens (primary N) is 1. The van der Waals surface area contributed by atoms with Crippen molar-refractivity contribution >= 4 is 44.9 Å². The molecule has 0 radical (unpaired) electrons. The van der Waals surface area contributed by atoms with Gasteiger partial charge in [0.2, 0.25) is 11.8 Å². The summed E-state index contributed by atoms with van der Waals surface area (Å²) in [5.41, 5.74) is 5.45. The number of carbonyl (C=O) groups is 4. The van der Waals surface area contributed by atoms with E-state index < -0.39 is 68.7 Å². The van der Waals surface area contributed by atoms with Gasteiger partial charge in [-0.15, -0.1) is 0 Å². The SMILES string of the molecule is CCOC(=O)[C@H]1CCN(C(=O)[C@H](Nc2ccc(F)c(C(N)=O)c2)c2ccc(F)c(OC)c2)[C@H]1c1cc(NC(C)=O)ccc1S(C)(=O)=O. The zero-order valence-corrected chi connectivity index (χ0v) is 26.8. The van der Waals surface area contributed by atoms with Crippen LogP contribution in [0.1, 0.15) is 53.8 Å². The molecular weight excluding hydrogens is 638 g/mol. The fraction of sp³-hybridized carbons (Fsp3) is 0.312. The van der Waals surface area contributed by atoms with Crippen LogP contribution in [0.2, 0.25) is 0 Å². The van der Waals surface area contributed by atoms with Gasteiger partial charge in [0, 0.05) is 31.1 Å². The predicted molar refractivity (Wildman–Crippen MR) is 167 cm³/mol. The van der Waals surface area contributed by atoms with Crippen molar-refractivity contribution in [2.75, 3.05) is 37.2 Å². The maximum atomic E-state index is 14.6. The summed E-state index contributed by atoms with van der Waals surface area (Å²) in [5, 5.41) is 5.55. The molecule has 3 aromatic rings. The number of methoxy groups -OCH3 is 1. The van der Waals surface area contributed by atoms with Crippen molar-refractivity contribution in [3.05, 3.63) is 82.9 Å². The summed E-state index contributed by atoms with van der Waals surface area (Å²) in [4.78, 5) is 52.8. The number of halogens is 2. The molecule has 0 spiro atoms. The van der Waals surface area contributed by atoms with Crippen LogP contribution in [0.15, 0.2) is 59.5 Å². The fourth-order valence-corrected chi connectivity index (χ4v) is 6.52. The lowest BCUT2D eigenvalue weighted by molar-refractivity contribution is -0.149. The van der Waals surface area contributed by atoms with Crippen molar-refractivity contribution in [2.45, 2.75) is 37.2 Å². The van der Waals surface area contributed by atoms with E-state index in [-0.39, 0.29) is 52.7 Å². The first-order valence-corrected chi connectivity index (χ1v) is 16.3. The van der Waals surface area contributed by atoms with E-state index in [4.69, 9.17) is 15.2 Å². The van der Waals surface area contributed by atoms with Gasteiger partial charge in [-0.3, -0.25) is 19.2 Å². The van der Waals surface area contributed by atoms with Crippen molar-refractivity contribution in [3.8, 4) is 5.75 Å². The van der Waals surface area contributed by atoms with Crippen LogP contribution in [0.5, 0.6) is 5.75 Å². The standard InChI is InChI=1S/C32H34F2N4O8S/c1-5-46-32(42)21-12-13-38(29(21)23-16-19(36-17(2)39)8-11-27(23)47(4,43)44)31(41)28(18-6-9-25(34)26(14-18)45-3)37-20-7-10-24(33)22(15-20)30(35)40/h6-11,14-16,21,28-29,37H,5,12-13H2,1-4H3,(H2,35,40)(H,36,39)/t21-,28+,29+/m0/s1. The highest BCUT2D eigenvalue weighted by Crippen LogP contribution is 2.43. The molecule has 1 fully saturated rings. The van der Waals surface area contributed by atoms with Gasteiger partial charge in [-0.2, -0.15) is 0 Å². The molecule has 1 aliphatic rings. The average molecular weight is 673 g/mol. The van der Waals surface area contributed by atoms with Crippen molar-refractivity contribution in [1.29, 1.82) is 0 Å². The predicted octanol–water partition coefficient (Wildman–Crippen LogP) is 3.74. The van der Waals surface area contributed by atoms with Crippen molar-refractivity contribution in [1.82, 2.24) is 4.90 Å². The molecule has 3 amide bonds. The van der Waals surface area contributed by atoms with E-state index in [2.05, 4.69) is 10.6 Å². The number of primary amides is 1. The van der Waals surface area contributed by atoms with E-state index in [0.29, 0.717) is 0 Å². The van der Waals surface area contributed by atoms with Crippen LogP contribution in [0, 0.1) is 17.6 Å². The van der Waals surface area contributed by atoms with Gasteiger partial charge in [0.1, 0.15) is 11.9 Å². The number of amides is 3. The van der Waals surface area contributed by atoms with Gasteiger partial charge in [0.15, 0.2) is 21.4 Å². The normalized spacial score (nSPS) is 16.7. The van der Waals surface area contributed by atoms with Gasteiger partial charge in [0.05, 0.1) is 36.1 Å². The summed E-state index contributed by atoms with van der Waals surface area (Å²) in [6, 6.07) is 8.54. The molecule has 1 heterocycles. The number of sulfone groups is 1. The third-order valence-electron chi connectivity index (χ3n) is 7.62. The number of carbonyl (C=O) groups excluding carboxylic acids is 4. The van der Waals surface area contributed by atoms with Crippen LogP contribution in [0.3, 0.4) is 0 Å². The molecule has 0 aromatic heterocycles. The van der Waals surface area contributed by atoms with Gasteiger partial charge >= 0.3 is 5.97 Å². The van der Waals surface area contributed by atoms with Crippen LogP contribution in [-0.2, 0) is 29.0 Å². The van der Waals surface area contributed by atoms with Gasteiger partial charge in [-0.25, -0.2) is 17.2 Å². The van der Waals surface area contributed by atoms with E-state index in [0.717, 1.165) is 24.5 Å². The Bertz CT molecular complexity index is 1840. The van der Waals surface area contributed by atoms with Crippen molar-refractivity contribution < 1.29 is 45.9 Å². The molecule has 0 aliphatic carbocycles. The van der Waals surface area contributed by atoms with Crippen molar-refractivity contribution in [2.24, 2.45) is 11.7 Å². The number of hydrogen-bond donors (Lipinski definition) is 3. The van der Waals surface area contributed by atoms with E-state index in [1.54, 1.807) is 6.92 Å². The zero-order valence-electron chi connectivity index (χ0n) is 26.0.